The van der Waals surface area contributed by atoms with Crippen LogP contribution in [0.25, 0.3) is 6.08 Å². The van der Waals surface area contributed by atoms with Crippen molar-refractivity contribution in [1.82, 2.24) is 0 Å². The average molecular weight is 192 g/mol. The number of hydrogen-bond donors (Lipinski definition) is 3. The predicted molar refractivity (Wildman–Crippen MR) is 52.4 cm³/mol. The molecule has 1 aromatic carbocycles. The predicted octanol–water partition coefficient (Wildman–Crippen LogP) is 0.600. The van der Waals surface area contributed by atoms with Gasteiger partial charge in [0, 0.05) is 0 Å². The van der Waals surface area contributed by atoms with Crippen LogP contribution in [-0.4, -0.2) is 21.4 Å². The van der Waals surface area contributed by atoms with E-state index in [0.29, 0.717) is 5.56 Å². The zero-order chi connectivity index (χ0) is 10.1. The van der Waals surface area contributed by atoms with Gasteiger partial charge in [0.05, 0.1) is 6.61 Å². The van der Waals surface area contributed by atoms with E-state index < -0.39 is 12.2 Å². The van der Waals surface area contributed by atoms with Gasteiger partial charge in [0.2, 0.25) is 0 Å². The lowest BCUT2D eigenvalue weighted by Gasteiger charge is -2.22. The summed E-state index contributed by atoms with van der Waals surface area (Å²) in [5.74, 6) is 0. The summed E-state index contributed by atoms with van der Waals surface area (Å²) in [7, 11) is 0. The summed E-state index contributed by atoms with van der Waals surface area (Å²) in [6.45, 7) is -0.0557. The summed E-state index contributed by atoms with van der Waals surface area (Å²) in [6, 6.07) is 5.34. The number of aliphatic hydroxyl groups excluding tert-OH is 3. The van der Waals surface area contributed by atoms with Gasteiger partial charge in [-0.25, -0.2) is 0 Å². The number of fused-ring (bicyclic) bond motifs is 1. The molecule has 0 heterocycles. The highest BCUT2D eigenvalue weighted by Gasteiger charge is 2.22. The van der Waals surface area contributed by atoms with Gasteiger partial charge in [-0.15, -0.1) is 0 Å². The highest BCUT2D eigenvalue weighted by molar-refractivity contribution is 5.59. The van der Waals surface area contributed by atoms with E-state index in [1.807, 2.05) is 6.07 Å². The Bertz CT molecular complexity index is 371. The fraction of sp³-hybridized carbons (Fsp3) is 0.273. The molecular formula is C11H12O3. The second kappa shape index (κ2) is 3.53. The molecule has 74 valence electrons. The lowest BCUT2D eigenvalue weighted by molar-refractivity contribution is 0.0469. The molecule has 0 spiro atoms. The molecule has 2 rings (SSSR count). The molecular weight excluding hydrogens is 180 g/mol. The fourth-order valence-electron chi connectivity index (χ4n) is 1.62. The molecule has 1 aliphatic rings. The molecule has 0 fully saturated rings. The molecule has 0 aliphatic heterocycles. The minimum Gasteiger partial charge on any atom is -0.392 e. The molecule has 1 aliphatic carbocycles. The zero-order valence-corrected chi connectivity index (χ0v) is 7.59. The van der Waals surface area contributed by atoms with E-state index >= 15 is 0 Å². The Kier molecular flexibility index (Phi) is 2.37. The first-order valence-electron chi connectivity index (χ1n) is 4.50. The van der Waals surface area contributed by atoms with Crippen molar-refractivity contribution in [3.63, 3.8) is 0 Å². The van der Waals surface area contributed by atoms with Gasteiger partial charge >= 0.3 is 0 Å². The minimum atomic E-state index is -0.888. The van der Waals surface area contributed by atoms with E-state index in [2.05, 4.69) is 0 Å². The van der Waals surface area contributed by atoms with Gasteiger partial charge in [-0.05, 0) is 16.7 Å². The van der Waals surface area contributed by atoms with Gasteiger partial charge < -0.3 is 15.3 Å². The van der Waals surface area contributed by atoms with Crippen LogP contribution < -0.4 is 0 Å². The first kappa shape index (κ1) is 9.40. The monoisotopic (exact) mass is 192 g/mol. The van der Waals surface area contributed by atoms with Crippen LogP contribution in [0.15, 0.2) is 24.3 Å². The van der Waals surface area contributed by atoms with Gasteiger partial charge in [0.1, 0.15) is 12.2 Å². The maximum Gasteiger partial charge on any atom is 0.109 e. The zero-order valence-electron chi connectivity index (χ0n) is 7.59. The van der Waals surface area contributed by atoms with Crippen LogP contribution in [0.5, 0.6) is 0 Å². The van der Waals surface area contributed by atoms with E-state index in [9.17, 15) is 10.2 Å². The molecule has 1 aromatic rings. The Morgan fingerprint density at radius 3 is 2.71 bits per heavy atom. The molecule has 3 heteroatoms. The van der Waals surface area contributed by atoms with Crippen LogP contribution in [0, 0.1) is 0 Å². The molecule has 3 nitrogen and oxygen atoms in total. The average Bonchev–Trinajstić information content (AvgIpc) is 2.23. The van der Waals surface area contributed by atoms with Gasteiger partial charge in [0.25, 0.3) is 0 Å². The quantitative estimate of drug-likeness (QED) is 0.610. The number of benzene rings is 1. The first-order valence-corrected chi connectivity index (χ1v) is 4.50. The summed E-state index contributed by atoms with van der Waals surface area (Å²) in [5.41, 5.74) is 2.30. The van der Waals surface area contributed by atoms with Gasteiger partial charge in [0.15, 0.2) is 0 Å². The number of rotatable bonds is 1. The fourth-order valence-corrected chi connectivity index (χ4v) is 1.62. The smallest absolute Gasteiger partial charge is 0.109 e. The van der Waals surface area contributed by atoms with Crippen molar-refractivity contribution in [2.75, 3.05) is 0 Å². The Morgan fingerprint density at radius 2 is 2.00 bits per heavy atom. The van der Waals surface area contributed by atoms with E-state index in [1.165, 1.54) is 0 Å². The van der Waals surface area contributed by atoms with Crippen molar-refractivity contribution in [3.05, 3.63) is 41.0 Å². The van der Waals surface area contributed by atoms with Gasteiger partial charge in [-0.2, -0.15) is 0 Å². The molecule has 0 radical (unpaired) electrons. The standard InChI is InChI=1S/C11H12O3/c12-6-7-1-2-8-3-4-10(13)11(14)9(8)5-7/h1-5,10-14H,6H2/t10-,11+/m1/s1. The topological polar surface area (TPSA) is 60.7 Å². The Balaban J connectivity index is 2.48. The van der Waals surface area contributed by atoms with Crippen LogP contribution in [-0.2, 0) is 6.61 Å². The summed E-state index contributed by atoms with van der Waals surface area (Å²) >= 11 is 0. The Labute approximate surface area is 81.9 Å². The van der Waals surface area contributed by atoms with E-state index in [-0.39, 0.29) is 6.61 Å². The van der Waals surface area contributed by atoms with Crippen LogP contribution in [0.1, 0.15) is 22.8 Å². The van der Waals surface area contributed by atoms with Crippen molar-refractivity contribution in [1.29, 1.82) is 0 Å². The molecule has 0 saturated carbocycles. The molecule has 0 saturated heterocycles. The lowest BCUT2D eigenvalue weighted by Crippen LogP contribution is -2.19. The molecule has 0 unspecified atom stereocenters. The Morgan fingerprint density at radius 1 is 1.21 bits per heavy atom. The van der Waals surface area contributed by atoms with E-state index in [1.54, 1.807) is 24.3 Å². The van der Waals surface area contributed by atoms with Crippen molar-refractivity contribution in [2.24, 2.45) is 0 Å². The maximum atomic E-state index is 9.67. The molecule has 0 bridgehead atoms. The van der Waals surface area contributed by atoms with Crippen LogP contribution in [0.4, 0.5) is 0 Å². The molecule has 3 N–H and O–H groups in total. The SMILES string of the molecule is OCc1ccc2c(c1)[C@H](O)[C@H](O)C=C2. The van der Waals surface area contributed by atoms with Crippen LogP contribution in [0.2, 0.25) is 0 Å². The molecule has 14 heavy (non-hydrogen) atoms. The lowest BCUT2D eigenvalue weighted by atomic mass is 9.91. The Hall–Kier alpha value is -1.16. The summed E-state index contributed by atoms with van der Waals surface area (Å²) in [6.07, 6.45) is 1.59. The molecule has 0 amide bonds. The molecule has 0 aromatic heterocycles. The van der Waals surface area contributed by atoms with Crippen LogP contribution in [0.3, 0.4) is 0 Å². The van der Waals surface area contributed by atoms with Gasteiger partial charge in [-0.3, -0.25) is 0 Å². The van der Waals surface area contributed by atoms with Crippen molar-refractivity contribution in [3.8, 4) is 0 Å². The third-order valence-corrected chi connectivity index (χ3v) is 2.45. The van der Waals surface area contributed by atoms with Crippen molar-refractivity contribution in [2.45, 2.75) is 18.8 Å². The van der Waals surface area contributed by atoms with E-state index in [0.717, 1.165) is 11.1 Å². The highest BCUT2D eigenvalue weighted by Crippen LogP contribution is 2.28. The first-order chi connectivity index (χ1) is 6.72. The number of aliphatic hydroxyl groups is 3. The largest absolute Gasteiger partial charge is 0.392 e. The second-order valence-corrected chi connectivity index (χ2v) is 3.42. The van der Waals surface area contributed by atoms with Crippen molar-refractivity contribution < 1.29 is 15.3 Å². The maximum absolute atomic E-state index is 9.67. The summed E-state index contributed by atoms with van der Waals surface area (Å²) in [5, 5.41) is 28.0. The van der Waals surface area contributed by atoms with Crippen molar-refractivity contribution >= 4 is 6.08 Å². The summed E-state index contributed by atoms with van der Waals surface area (Å²) in [4.78, 5) is 0. The third kappa shape index (κ3) is 1.46. The molecule has 2 atom stereocenters. The highest BCUT2D eigenvalue weighted by atomic mass is 16.3. The minimum absolute atomic E-state index is 0.0557. The van der Waals surface area contributed by atoms with Gasteiger partial charge in [-0.1, -0.05) is 30.4 Å². The third-order valence-electron chi connectivity index (χ3n) is 2.45. The normalized spacial score (nSPS) is 24.8. The van der Waals surface area contributed by atoms with E-state index in [4.69, 9.17) is 5.11 Å². The van der Waals surface area contributed by atoms with Crippen LogP contribution >= 0.6 is 0 Å². The summed E-state index contributed by atoms with van der Waals surface area (Å²) < 4.78 is 0. The number of hydrogen-bond acceptors (Lipinski definition) is 3. The second-order valence-electron chi connectivity index (χ2n) is 3.42.